The fourth-order valence-corrected chi connectivity index (χ4v) is 2.53. The van der Waals surface area contributed by atoms with Crippen LogP contribution in [-0.2, 0) is 27.3 Å². The third-order valence-corrected chi connectivity index (χ3v) is 4.04. The van der Waals surface area contributed by atoms with Crippen molar-refractivity contribution in [3.63, 3.8) is 0 Å². The summed E-state index contributed by atoms with van der Waals surface area (Å²) in [5, 5.41) is 0. The second-order valence-corrected chi connectivity index (χ2v) is 5.68. The van der Waals surface area contributed by atoms with Gasteiger partial charge in [-0.1, -0.05) is 42.5 Å². The van der Waals surface area contributed by atoms with Crippen molar-refractivity contribution >= 4 is 5.97 Å². The van der Waals surface area contributed by atoms with Gasteiger partial charge in [0, 0.05) is 0 Å². The van der Waals surface area contributed by atoms with Crippen LogP contribution in [-0.4, -0.2) is 26.3 Å². The molecule has 0 aromatic heterocycles. The number of hydrogen-bond donors (Lipinski definition) is 0. The van der Waals surface area contributed by atoms with E-state index in [2.05, 4.69) is 0 Å². The zero-order valence-electron chi connectivity index (χ0n) is 14.4. The van der Waals surface area contributed by atoms with Crippen molar-refractivity contribution in [1.82, 2.24) is 0 Å². The molecule has 2 atom stereocenters. The van der Waals surface area contributed by atoms with Crippen molar-refractivity contribution in [1.29, 1.82) is 0 Å². The first-order chi connectivity index (χ1) is 11.6. The Morgan fingerprint density at radius 1 is 0.958 bits per heavy atom. The average molecular weight is 328 g/mol. The predicted molar refractivity (Wildman–Crippen MR) is 92.9 cm³/mol. The maximum Gasteiger partial charge on any atom is 0.311 e. The topological polar surface area (TPSA) is 44.8 Å². The molecule has 0 aliphatic rings. The van der Waals surface area contributed by atoms with Crippen LogP contribution in [0.4, 0.5) is 0 Å². The van der Waals surface area contributed by atoms with Crippen LogP contribution in [0.5, 0.6) is 5.75 Å². The molecule has 0 N–H and O–H groups in total. The molecule has 4 nitrogen and oxygen atoms in total. The molecule has 0 spiro atoms. The molecule has 2 unspecified atom stereocenters. The van der Waals surface area contributed by atoms with Crippen molar-refractivity contribution in [3.05, 3.63) is 65.7 Å². The van der Waals surface area contributed by atoms with E-state index < -0.39 is 0 Å². The highest BCUT2D eigenvalue weighted by molar-refractivity contribution is 5.73. The summed E-state index contributed by atoms with van der Waals surface area (Å²) in [5.41, 5.74) is 2.12. The highest BCUT2D eigenvalue weighted by Gasteiger charge is 2.27. The summed E-state index contributed by atoms with van der Waals surface area (Å²) in [6.07, 6.45) is 0.344. The minimum atomic E-state index is -0.337. The Morgan fingerprint density at radius 3 is 2.21 bits per heavy atom. The lowest BCUT2D eigenvalue weighted by molar-refractivity contribution is -0.151. The van der Waals surface area contributed by atoms with Gasteiger partial charge in [-0.05, 0) is 36.6 Å². The zero-order chi connectivity index (χ0) is 17.4. The van der Waals surface area contributed by atoms with Crippen LogP contribution in [0.15, 0.2) is 54.6 Å². The molecular weight excluding hydrogens is 304 g/mol. The van der Waals surface area contributed by atoms with Gasteiger partial charge in [-0.2, -0.15) is 0 Å². The van der Waals surface area contributed by atoms with Crippen LogP contribution in [0, 0.1) is 5.92 Å². The van der Waals surface area contributed by atoms with E-state index in [1.165, 1.54) is 7.11 Å². The van der Waals surface area contributed by atoms with Crippen LogP contribution >= 0.6 is 0 Å². The molecule has 128 valence electrons. The highest BCUT2D eigenvalue weighted by Crippen LogP contribution is 2.19. The third kappa shape index (κ3) is 5.10. The Balaban J connectivity index is 1.98. The molecule has 2 rings (SSSR count). The van der Waals surface area contributed by atoms with E-state index in [4.69, 9.17) is 14.2 Å². The fourth-order valence-electron chi connectivity index (χ4n) is 2.53. The van der Waals surface area contributed by atoms with Crippen LogP contribution in [0.2, 0.25) is 0 Å². The van der Waals surface area contributed by atoms with E-state index in [-0.39, 0.29) is 18.0 Å². The van der Waals surface area contributed by atoms with E-state index in [0.717, 1.165) is 16.9 Å². The maximum atomic E-state index is 12.1. The standard InChI is InChI=1S/C20H24O4/c1-15(24-14-17-9-11-18(22-2)12-10-17)19(20(21)23-3)13-16-7-5-4-6-8-16/h4-12,15,19H,13-14H2,1-3H3. The summed E-state index contributed by atoms with van der Waals surface area (Å²) >= 11 is 0. The van der Waals surface area contributed by atoms with E-state index in [1.54, 1.807) is 7.11 Å². The van der Waals surface area contributed by atoms with Crippen molar-refractivity contribution in [2.24, 2.45) is 5.92 Å². The maximum absolute atomic E-state index is 12.1. The van der Waals surface area contributed by atoms with Crippen LogP contribution in [0.25, 0.3) is 0 Å². The average Bonchev–Trinajstić information content (AvgIpc) is 2.64. The van der Waals surface area contributed by atoms with E-state index in [0.29, 0.717) is 13.0 Å². The Labute approximate surface area is 143 Å². The lowest BCUT2D eigenvalue weighted by Crippen LogP contribution is -2.31. The second kappa shape index (κ2) is 9.08. The van der Waals surface area contributed by atoms with Crippen LogP contribution in [0.3, 0.4) is 0 Å². The molecule has 0 aliphatic carbocycles. The summed E-state index contributed by atoms with van der Waals surface area (Å²) in [7, 11) is 3.05. The first-order valence-corrected chi connectivity index (χ1v) is 8.00. The van der Waals surface area contributed by atoms with Gasteiger partial charge in [0.2, 0.25) is 0 Å². The first kappa shape index (κ1) is 18.0. The summed E-state index contributed by atoms with van der Waals surface area (Å²) in [4.78, 5) is 12.1. The van der Waals surface area contributed by atoms with Gasteiger partial charge in [-0.3, -0.25) is 4.79 Å². The smallest absolute Gasteiger partial charge is 0.311 e. The quantitative estimate of drug-likeness (QED) is 0.694. The SMILES string of the molecule is COC(=O)C(Cc1ccccc1)C(C)OCc1ccc(OC)cc1. The molecule has 0 bridgehead atoms. The van der Waals surface area contributed by atoms with Gasteiger partial charge >= 0.3 is 5.97 Å². The van der Waals surface area contributed by atoms with Crippen molar-refractivity contribution in [3.8, 4) is 5.75 Å². The highest BCUT2D eigenvalue weighted by atomic mass is 16.5. The monoisotopic (exact) mass is 328 g/mol. The normalized spacial score (nSPS) is 13.1. The molecule has 24 heavy (non-hydrogen) atoms. The zero-order valence-corrected chi connectivity index (χ0v) is 14.4. The molecular formula is C20H24O4. The van der Waals surface area contributed by atoms with E-state index >= 15 is 0 Å². The molecule has 2 aromatic rings. The molecule has 0 saturated heterocycles. The van der Waals surface area contributed by atoms with E-state index in [1.807, 2.05) is 61.5 Å². The number of ether oxygens (including phenoxy) is 3. The van der Waals surface area contributed by atoms with Gasteiger partial charge in [0.05, 0.1) is 32.8 Å². The molecule has 0 saturated carbocycles. The second-order valence-electron chi connectivity index (χ2n) is 5.68. The van der Waals surface area contributed by atoms with Crippen molar-refractivity contribution in [2.45, 2.75) is 26.1 Å². The molecule has 0 amide bonds. The third-order valence-electron chi connectivity index (χ3n) is 4.04. The molecule has 0 aliphatic heterocycles. The molecule has 0 fully saturated rings. The number of carbonyl (C=O) groups excluding carboxylic acids is 1. The van der Waals surface area contributed by atoms with Gasteiger partial charge in [-0.25, -0.2) is 0 Å². The Bertz CT molecular complexity index is 622. The van der Waals surface area contributed by atoms with E-state index in [9.17, 15) is 4.79 Å². The number of carbonyl (C=O) groups is 1. The molecule has 0 heterocycles. The summed E-state index contributed by atoms with van der Waals surface area (Å²) < 4.78 is 16.0. The van der Waals surface area contributed by atoms with Crippen molar-refractivity contribution in [2.75, 3.05) is 14.2 Å². The fraction of sp³-hybridized carbons (Fsp3) is 0.350. The minimum Gasteiger partial charge on any atom is -0.497 e. The largest absolute Gasteiger partial charge is 0.497 e. The minimum absolute atomic E-state index is 0.249. The molecule has 0 radical (unpaired) electrons. The lowest BCUT2D eigenvalue weighted by atomic mass is 9.94. The van der Waals surface area contributed by atoms with Gasteiger partial charge in [0.1, 0.15) is 5.75 Å². The Kier molecular flexibility index (Phi) is 6.82. The number of esters is 1. The van der Waals surface area contributed by atoms with Crippen LogP contribution in [0.1, 0.15) is 18.1 Å². The molecule has 2 aromatic carbocycles. The van der Waals surface area contributed by atoms with Gasteiger partial charge in [0.25, 0.3) is 0 Å². The number of methoxy groups -OCH3 is 2. The lowest BCUT2D eigenvalue weighted by Gasteiger charge is -2.22. The Hall–Kier alpha value is -2.33. The summed E-state index contributed by atoms with van der Waals surface area (Å²) in [5.74, 6) is 0.222. The summed E-state index contributed by atoms with van der Waals surface area (Å²) in [6.45, 7) is 2.35. The van der Waals surface area contributed by atoms with Crippen LogP contribution < -0.4 is 4.74 Å². The first-order valence-electron chi connectivity index (χ1n) is 8.00. The van der Waals surface area contributed by atoms with Crippen molar-refractivity contribution < 1.29 is 19.0 Å². The molecule has 4 heteroatoms. The predicted octanol–water partition coefficient (Wildman–Crippen LogP) is 3.63. The number of benzene rings is 2. The summed E-state index contributed by atoms with van der Waals surface area (Å²) in [6, 6.07) is 17.6. The number of rotatable bonds is 8. The number of hydrogen-bond acceptors (Lipinski definition) is 4. The van der Waals surface area contributed by atoms with Gasteiger partial charge in [-0.15, -0.1) is 0 Å². The Morgan fingerprint density at radius 2 is 1.62 bits per heavy atom. The van der Waals surface area contributed by atoms with Gasteiger partial charge < -0.3 is 14.2 Å². The van der Waals surface area contributed by atoms with Gasteiger partial charge in [0.15, 0.2) is 0 Å².